The summed E-state index contributed by atoms with van der Waals surface area (Å²) in [4.78, 5) is 11.8. The van der Waals surface area contributed by atoms with Crippen LogP contribution >= 0.6 is 0 Å². The number of hydrogen-bond donors (Lipinski definition) is 1. The van der Waals surface area contributed by atoms with Gasteiger partial charge in [-0.3, -0.25) is 9.48 Å². The van der Waals surface area contributed by atoms with Crippen molar-refractivity contribution in [1.82, 2.24) is 15.1 Å². The summed E-state index contributed by atoms with van der Waals surface area (Å²) in [5, 5.41) is 6.80. The second-order valence-electron chi connectivity index (χ2n) is 3.29. The van der Waals surface area contributed by atoms with Crippen molar-refractivity contribution < 1.29 is 9.21 Å². The van der Waals surface area contributed by atoms with E-state index in [1.165, 1.54) is 0 Å². The quantitative estimate of drug-likeness (QED) is 0.846. The van der Waals surface area contributed by atoms with Gasteiger partial charge >= 0.3 is 0 Å². The Labute approximate surface area is 93.1 Å². The van der Waals surface area contributed by atoms with Gasteiger partial charge in [-0.1, -0.05) is 0 Å². The van der Waals surface area contributed by atoms with E-state index in [2.05, 4.69) is 10.4 Å². The fraction of sp³-hybridized carbons (Fsp3) is 0.273. The number of amides is 1. The minimum atomic E-state index is -0.143. The predicted molar refractivity (Wildman–Crippen MR) is 57.8 cm³/mol. The molecule has 1 amide bonds. The fourth-order valence-electron chi connectivity index (χ4n) is 1.45. The molecule has 0 atom stereocenters. The largest absolute Gasteiger partial charge is 0.467 e. The van der Waals surface area contributed by atoms with Crippen LogP contribution in [0.2, 0.25) is 0 Å². The van der Waals surface area contributed by atoms with Crippen molar-refractivity contribution in [2.24, 2.45) is 0 Å². The van der Waals surface area contributed by atoms with Crippen molar-refractivity contribution in [3.05, 3.63) is 42.1 Å². The molecule has 2 heterocycles. The molecule has 5 nitrogen and oxygen atoms in total. The molecule has 1 N–H and O–H groups in total. The number of nitrogens with one attached hydrogen (secondary N) is 1. The standard InChI is InChI=1S/C11H13N3O2/c1-2-14-10(5-6-13-14)11(15)12-8-9-4-3-7-16-9/h3-7H,2,8H2,1H3,(H,12,15). The van der Waals surface area contributed by atoms with Gasteiger partial charge in [0.15, 0.2) is 0 Å². The first kappa shape index (κ1) is 10.5. The Hall–Kier alpha value is -2.04. The zero-order chi connectivity index (χ0) is 11.4. The molecule has 0 unspecified atom stereocenters. The molecule has 84 valence electrons. The molecule has 0 fully saturated rings. The van der Waals surface area contributed by atoms with Gasteiger partial charge in [0.1, 0.15) is 11.5 Å². The Morgan fingerprint density at radius 1 is 1.56 bits per heavy atom. The number of aryl methyl sites for hydroxylation is 1. The maximum atomic E-state index is 11.8. The molecule has 2 aromatic heterocycles. The zero-order valence-electron chi connectivity index (χ0n) is 9.01. The first-order valence-electron chi connectivity index (χ1n) is 5.13. The van der Waals surface area contributed by atoms with Gasteiger partial charge in [-0.2, -0.15) is 5.10 Å². The number of carbonyl (C=O) groups excluding carboxylic acids is 1. The minimum absolute atomic E-state index is 0.143. The Morgan fingerprint density at radius 3 is 3.12 bits per heavy atom. The zero-order valence-corrected chi connectivity index (χ0v) is 9.01. The molecule has 2 aromatic rings. The highest BCUT2D eigenvalue weighted by atomic mass is 16.3. The molecule has 16 heavy (non-hydrogen) atoms. The number of aromatic nitrogens is 2. The molecular formula is C11H13N3O2. The highest BCUT2D eigenvalue weighted by Crippen LogP contribution is 2.02. The topological polar surface area (TPSA) is 60.1 Å². The van der Waals surface area contributed by atoms with Gasteiger partial charge in [0.2, 0.25) is 0 Å². The van der Waals surface area contributed by atoms with E-state index >= 15 is 0 Å². The van der Waals surface area contributed by atoms with Crippen LogP contribution < -0.4 is 5.32 Å². The smallest absolute Gasteiger partial charge is 0.269 e. The molecule has 0 saturated heterocycles. The average molecular weight is 219 g/mol. The second kappa shape index (κ2) is 4.65. The third-order valence-corrected chi connectivity index (χ3v) is 2.25. The number of nitrogens with zero attached hydrogens (tertiary/aromatic N) is 2. The van der Waals surface area contributed by atoms with Gasteiger partial charge in [0, 0.05) is 12.7 Å². The van der Waals surface area contributed by atoms with Crippen molar-refractivity contribution in [2.75, 3.05) is 0 Å². The first-order chi connectivity index (χ1) is 7.81. The molecule has 0 aromatic carbocycles. The third-order valence-electron chi connectivity index (χ3n) is 2.25. The molecule has 0 radical (unpaired) electrons. The van der Waals surface area contributed by atoms with Crippen LogP contribution in [0, 0.1) is 0 Å². The molecule has 0 aliphatic carbocycles. The van der Waals surface area contributed by atoms with Crippen molar-refractivity contribution >= 4 is 5.91 Å². The molecule has 2 rings (SSSR count). The summed E-state index contributed by atoms with van der Waals surface area (Å²) in [5.41, 5.74) is 0.564. The molecular weight excluding hydrogens is 206 g/mol. The van der Waals surface area contributed by atoms with Crippen molar-refractivity contribution in [2.45, 2.75) is 20.0 Å². The summed E-state index contributed by atoms with van der Waals surface area (Å²) in [5.74, 6) is 0.590. The van der Waals surface area contributed by atoms with E-state index in [0.717, 1.165) is 5.76 Å². The van der Waals surface area contributed by atoms with E-state index in [0.29, 0.717) is 18.8 Å². The van der Waals surface area contributed by atoms with E-state index in [-0.39, 0.29) is 5.91 Å². The van der Waals surface area contributed by atoms with Crippen LogP contribution in [0.3, 0.4) is 0 Å². The summed E-state index contributed by atoms with van der Waals surface area (Å²) in [6.07, 6.45) is 3.20. The summed E-state index contributed by atoms with van der Waals surface area (Å²) in [6.45, 7) is 3.01. The summed E-state index contributed by atoms with van der Waals surface area (Å²) in [6, 6.07) is 5.30. The Kier molecular flexibility index (Phi) is 3.05. The first-order valence-corrected chi connectivity index (χ1v) is 5.13. The lowest BCUT2D eigenvalue weighted by Crippen LogP contribution is -2.25. The van der Waals surface area contributed by atoms with E-state index in [1.54, 1.807) is 29.3 Å². The molecule has 0 aliphatic heterocycles. The van der Waals surface area contributed by atoms with Gasteiger partial charge in [-0.15, -0.1) is 0 Å². The maximum absolute atomic E-state index is 11.8. The number of hydrogen-bond acceptors (Lipinski definition) is 3. The van der Waals surface area contributed by atoms with Gasteiger partial charge in [-0.25, -0.2) is 0 Å². The Bertz CT molecular complexity index is 459. The van der Waals surface area contributed by atoms with Crippen LogP contribution in [0.15, 0.2) is 35.1 Å². The SMILES string of the molecule is CCn1nccc1C(=O)NCc1ccco1. The van der Waals surface area contributed by atoms with Crippen LogP contribution in [0.5, 0.6) is 0 Å². The van der Waals surface area contributed by atoms with Gasteiger partial charge in [-0.05, 0) is 25.1 Å². The highest BCUT2D eigenvalue weighted by molar-refractivity contribution is 5.92. The number of carbonyl (C=O) groups is 1. The fourth-order valence-corrected chi connectivity index (χ4v) is 1.45. The van der Waals surface area contributed by atoms with Crippen LogP contribution in [0.4, 0.5) is 0 Å². The Balaban J connectivity index is 1.98. The van der Waals surface area contributed by atoms with Crippen LogP contribution in [-0.2, 0) is 13.1 Å². The van der Waals surface area contributed by atoms with Gasteiger partial charge in [0.05, 0.1) is 12.8 Å². The molecule has 0 saturated carbocycles. The lowest BCUT2D eigenvalue weighted by Gasteiger charge is -2.04. The molecule has 0 aliphatic rings. The minimum Gasteiger partial charge on any atom is -0.467 e. The van der Waals surface area contributed by atoms with Crippen LogP contribution in [0.1, 0.15) is 23.2 Å². The molecule has 5 heteroatoms. The second-order valence-corrected chi connectivity index (χ2v) is 3.29. The van der Waals surface area contributed by atoms with Gasteiger partial charge < -0.3 is 9.73 Å². The highest BCUT2D eigenvalue weighted by Gasteiger charge is 2.10. The van der Waals surface area contributed by atoms with E-state index in [4.69, 9.17) is 4.42 Å². The molecule has 0 spiro atoms. The van der Waals surface area contributed by atoms with E-state index < -0.39 is 0 Å². The monoisotopic (exact) mass is 219 g/mol. The van der Waals surface area contributed by atoms with E-state index in [1.807, 2.05) is 13.0 Å². The van der Waals surface area contributed by atoms with Crippen LogP contribution in [0.25, 0.3) is 0 Å². The predicted octanol–water partition coefficient (Wildman–Crippen LogP) is 1.43. The normalized spacial score (nSPS) is 10.3. The maximum Gasteiger partial charge on any atom is 0.269 e. The van der Waals surface area contributed by atoms with Crippen molar-refractivity contribution in [1.29, 1.82) is 0 Å². The van der Waals surface area contributed by atoms with E-state index in [9.17, 15) is 4.79 Å². The van der Waals surface area contributed by atoms with Gasteiger partial charge in [0.25, 0.3) is 5.91 Å². The lowest BCUT2D eigenvalue weighted by molar-refractivity contribution is 0.0937. The molecule has 0 bridgehead atoms. The average Bonchev–Trinajstić information content (AvgIpc) is 2.96. The van der Waals surface area contributed by atoms with Crippen molar-refractivity contribution in [3.63, 3.8) is 0 Å². The summed E-state index contributed by atoms with van der Waals surface area (Å²) in [7, 11) is 0. The number of rotatable bonds is 4. The van der Waals surface area contributed by atoms with Crippen LogP contribution in [-0.4, -0.2) is 15.7 Å². The Morgan fingerprint density at radius 2 is 2.44 bits per heavy atom. The summed E-state index contributed by atoms with van der Waals surface area (Å²) >= 11 is 0. The third kappa shape index (κ3) is 2.13. The van der Waals surface area contributed by atoms with Crippen molar-refractivity contribution in [3.8, 4) is 0 Å². The lowest BCUT2D eigenvalue weighted by atomic mass is 10.3. The summed E-state index contributed by atoms with van der Waals surface area (Å²) < 4.78 is 6.77. The number of furan rings is 1.